The Morgan fingerprint density at radius 2 is 2.36 bits per heavy atom. The molecule has 1 fully saturated rings. The quantitative estimate of drug-likeness (QED) is 0.718. The first kappa shape index (κ1) is 9.04. The first-order valence-corrected chi connectivity index (χ1v) is 4.94. The Bertz CT molecular complexity index is 158. The van der Waals surface area contributed by atoms with Crippen LogP contribution in [0.4, 0.5) is 0 Å². The van der Waals surface area contributed by atoms with Crippen LogP contribution in [-0.4, -0.2) is 17.3 Å². The summed E-state index contributed by atoms with van der Waals surface area (Å²) in [4.78, 5) is 11.0. The summed E-state index contributed by atoms with van der Waals surface area (Å²) in [6, 6.07) is 0. The fourth-order valence-electron chi connectivity index (χ4n) is 1.06. The molecule has 0 saturated heterocycles. The van der Waals surface area contributed by atoms with Crippen LogP contribution in [0, 0.1) is 11.8 Å². The molecule has 0 bridgehead atoms. The Kier molecular flexibility index (Phi) is 2.93. The molecule has 1 aliphatic rings. The summed E-state index contributed by atoms with van der Waals surface area (Å²) in [5.74, 6) is 1.66. The summed E-state index contributed by atoms with van der Waals surface area (Å²) in [5, 5.41) is 2.89. The number of carbonyl (C=O) groups excluding carboxylic acids is 1. The number of nitrogens with one attached hydrogen (secondary N) is 1. The van der Waals surface area contributed by atoms with Crippen LogP contribution in [0.2, 0.25) is 0 Å². The van der Waals surface area contributed by atoms with Crippen molar-refractivity contribution in [2.45, 2.75) is 25.1 Å². The summed E-state index contributed by atoms with van der Waals surface area (Å²) >= 11 is 3.21. The van der Waals surface area contributed by atoms with Gasteiger partial charge in [0.25, 0.3) is 0 Å². The molecule has 64 valence electrons. The molecule has 0 aliphatic heterocycles. The van der Waals surface area contributed by atoms with E-state index in [1.54, 1.807) is 0 Å². The zero-order valence-corrected chi connectivity index (χ0v) is 8.52. The fourth-order valence-corrected chi connectivity index (χ4v) is 1.22. The number of hydrogen-bond donors (Lipinski definition) is 1. The molecule has 1 saturated carbocycles. The van der Waals surface area contributed by atoms with Gasteiger partial charge in [-0.05, 0) is 25.2 Å². The Morgan fingerprint density at radius 3 is 2.73 bits per heavy atom. The third-order valence-electron chi connectivity index (χ3n) is 2.18. The van der Waals surface area contributed by atoms with Crippen LogP contribution >= 0.6 is 15.9 Å². The van der Waals surface area contributed by atoms with E-state index in [4.69, 9.17) is 0 Å². The highest BCUT2D eigenvalue weighted by molar-refractivity contribution is 9.10. The van der Waals surface area contributed by atoms with Gasteiger partial charge in [0.05, 0.1) is 4.83 Å². The van der Waals surface area contributed by atoms with Crippen LogP contribution in [-0.2, 0) is 4.79 Å². The van der Waals surface area contributed by atoms with Gasteiger partial charge in [-0.2, -0.15) is 0 Å². The zero-order chi connectivity index (χ0) is 8.43. The molecule has 1 N–H and O–H groups in total. The molecule has 3 atom stereocenters. The zero-order valence-electron chi connectivity index (χ0n) is 6.93. The number of amides is 1. The van der Waals surface area contributed by atoms with E-state index < -0.39 is 0 Å². The summed E-state index contributed by atoms with van der Waals surface area (Å²) in [7, 11) is 0. The molecule has 1 aliphatic carbocycles. The topological polar surface area (TPSA) is 29.1 Å². The van der Waals surface area contributed by atoms with Gasteiger partial charge in [0.15, 0.2) is 0 Å². The van der Waals surface area contributed by atoms with Crippen molar-refractivity contribution >= 4 is 21.8 Å². The van der Waals surface area contributed by atoms with Gasteiger partial charge in [0, 0.05) is 6.54 Å². The smallest absolute Gasteiger partial charge is 0.233 e. The molecular weight excluding hydrogens is 206 g/mol. The number of rotatable bonds is 3. The summed E-state index contributed by atoms with van der Waals surface area (Å²) in [6.07, 6.45) is 1.27. The van der Waals surface area contributed by atoms with Crippen LogP contribution in [0.3, 0.4) is 0 Å². The lowest BCUT2D eigenvalue weighted by atomic mass is 10.3. The van der Waals surface area contributed by atoms with Gasteiger partial charge < -0.3 is 5.32 Å². The second-order valence-electron chi connectivity index (χ2n) is 3.33. The molecule has 0 heterocycles. The van der Waals surface area contributed by atoms with Crippen molar-refractivity contribution in [3.63, 3.8) is 0 Å². The number of carbonyl (C=O) groups is 1. The molecule has 3 unspecified atom stereocenters. The van der Waals surface area contributed by atoms with Crippen LogP contribution in [0.25, 0.3) is 0 Å². The lowest BCUT2D eigenvalue weighted by molar-refractivity contribution is -0.120. The van der Waals surface area contributed by atoms with E-state index in [0.717, 1.165) is 18.4 Å². The van der Waals surface area contributed by atoms with Gasteiger partial charge in [-0.15, -0.1) is 0 Å². The minimum absolute atomic E-state index is 0.0587. The third-order valence-corrected chi connectivity index (χ3v) is 2.59. The molecule has 3 heteroatoms. The maximum absolute atomic E-state index is 11.0. The Labute approximate surface area is 75.9 Å². The standard InChI is InChI=1S/C8H14BrNO/c1-5-3-7(5)4-10-8(11)6(2)9/h5-7H,3-4H2,1-2H3,(H,10,11). The molecule has 0 radical (unpaired) electrons. The maximum Gasteiger partial charge on any atom is 0.233 e. The van der Waals surface area contributed by atoms with E-state index in [9.17, 15) is 4.79 Å². The third kappa shape index (κ3) is 2.81. The van der Waals surface area contributed by atoms with Crippen molar-refractivity contribution in [3.05, 3.63) is 0 Å². The van der Waals surface area contributed by atoms with E-state index in [1.165, 1.54) is 6.42 Å². The second-order valence-corrected chi connectivity index (χ2v) is 4.71. The van der Waals surface area contributed by atoms with Crippen LogP contribution in [0.15, 0.2) is 0 Å². The van der Waals surface area contributed by atoms with Gasteiger partial charge in [0.1, 0.15) is 0 Å². The minimum atomic E-state index is -0.0587. The van der Waals surface area contributed by atoms with E-state index in [-0.39, 0.29) is 10.7 Å². The maximum atomic E-state index is 11.0. The Balaban J connectivity index is 2.07. The summed E-state index contributed by atoms with van der Waals surface area (Å²) in [5.41, 5.74) is 0. The van der Waals surface area contributed by atoms with Crippen LogP contribution in [0.5, 0.6) is 0 Å². The summed E-state index contributed by atoms with van der Waals surface area (Å²) in [6.45, 7) is 4.91. The fraction of sp³-hybridized carbons (Fsp3) is 0.875. The lowest BCUT2D eigenvalue weighted by Crippen LogP contribution is -2.31. The average Bonchev–Trinajstić information content (AvgIpc) is 2.61. The highest BCUT2D eigenvalue weighted by Gasteiger charge is 2.32. The minimum Gasteiger partial charge on any atom is -0.355 e. The number of alkyl halides is 1. The molecule has 0 aromatic rings. The van der Waals surface area contributed by atoms with Gasteiger partial charge in [-0.25, -0.2) is 0 Å². The monoisotopic (exact) mass is 219 g/mol. The van der Waals surface area contributed by atoms with Crippen molar-refractivity contribution in [3.8, 4) is 0 Å². The van der Waals surface area contributed by atoms with Gasteiger partial charge in [-0.1, -0.05) is 22.9 Å². The van der Waals surface area contributed by atoms with E-state index in [0.29, 0.717) is 0 Å². The predicted octanol–water partition coefficient (Wildman–Crippen LogP) is 1.54. The number of hydrogen-bond acceptors (Lipinski definition) is 1. The SMILES string of the molecule is CC(Br)C(=O)NCC1CC1C. The van der Waals surface area contributed by atoms with Crippen LogP contribution in [0.1, 0.15) is 20.3 Å². The van der Waals surface area contributed by atoms with E-state index in [1.807, 2.05) is 6.92 Å². The molecule has 0 spiro atoms. The number of halogens is 1. The van der Waals surface area contributed by atoms with Crippen molar-refractivity contribution in [2.75, 3.05) is 6.54 Å². The van der Waals surface area contributed by atoms with Crippen molar-refractivity contribution in [1.82, 2.24) is 5.32 Å². The van der Waals surface area contributed by atoms with E-state index in [2.05, 4.69) is 28.2 Å². The molecule has 11 heavy (non-hydrogen) atoms. The lowest BCUT2D eigenvalue weighted by Gasteiger charge is -2.04. The first-order chi connectivity index (χ1) is 5.11. The Hall–Kier alpha value is -0.0500. The summed E-state index contributed by atoms with van der Waals surface area (Å²) < 4.78 is 0. The van der Waals surface area contributed by atoms with Crippen LogP contribution < -0.4 is 5.32 Å². The van der Waals surface area contributed by atoms with Gasteiger partial charge in [0.2, 0.25) is 5.91 Å². The molecular formula is C8H14BrNO. The van der Waals surface area contributed by atoms with Gasteiger partial charge in [-0.3, -0.25) is 4.79 Å². The first-order valence-electron chi connectivity index (χ1n) is 4.03. The molecule has 1 rings (SSSR count). The molecule has 1 amide bonds. The average molecular weight is 220 g/mol. The normalized spacial score (nSPS) is 31.2. The second kappa shape index (κ2) is 3.57. The predicted molar refractivity (Wildman–Crippen MR) is 48.7 cm³/mol. The Morgan fingerprint density at radius 1 is 1.82 bits per heavy atom. The largest absolute Gasteiger partial charge is 0.355 e. The van der Waals surface area contributed by atoms with Crippen molar-refractivity contribution < 1.29 is 4.79 Å². The molecule has 0 aromatic carbocycles. The van der Waals surface area contributed by atoms with Crippen molar-refractivity contribution in [2.24, 2.45) is 11.8 Å². The van der Waals surface area contributed by atoms with E-state index >= 15 is 0 Å². The molecule has 2 nitrogen and oxygen atoms in total. The molecule has 0 aromatic heterocycles. The van der Waals surface area contributed by atoms with Gasteiger partial charge >= 0.3 is 0 Å². The highest BCUT2D eigenvalue weighted by Crippen LogP contribution is 2.36. The highest BCUT2D eigenvalue weighted by atomic mass is 79.9. The van der Waals surface area contributed by atoms with Crippen molar-refractivity contribution in [1.29, 1.82) is 0 Å².